The maximum atomic E-state index is 9.07. The fraction of sp³-hybridized carbons (Fsp3) is 0. The van der Waals surface area contributed by atoms with Gasteiger partial charge in [0.1, 0.15) is 0 Å². The van der Waals surface area contributed by atoms with Crippen LogP contribution in [0.1, 0.15) is 5.56 Å². The van der Waals surface area contributed by atoms with Gasteiger partial charge in [-0.3, -0.25) is 0 Å². The maximum Gasteiger partial charge on any atom is 0.0991 e. The van der Waals surface area contributed by atoms with Gasteiger partial charge in [-0.25, -0.2) is 4.98 Å². The fourth-order valence-electron chi connectivity index (χ4n) is 3.35. The summed E-state index contributed by atoms with van der Waals surface area (Å²) in [5.74, 6) is 0. The van der Waals surface area contributed by atoms with Crippen molar-refractivity contribution in [3.8, 4) is 17.3 Å². The number of fused-ring (bicyclic) bond motifs is 5. The minimum atomic E-state index is 0.643. The summed E-state index contributed by atoms with van der Waals surface area (Å²) in [5, 5.41) is 13.2. The Morgan fingerprint density at radius 2 is 1.73 bits per heavy atom. The summed E-state index contributed by atoms with van der Waals surface area (Å²) in [4.78, 5) is 4.95. The van der Waals surface area contributed by atoms with E-state index >= 15 is 0 Å². The Labute approximate surface area is 158 Å². The number of nitriles is 1. The first-order valence-electron chi connectivity index (χ1n) is 8.15. The lowest BCUT2D eigenvalue weighted by Crippen LogP contribution is -1.88. The molecule has 0 amide bonds. The zero-order valence-corrected chi connectivity index (χ0v) is 15.1. The summed E-state index contributed by atoms with van der Waals surface area (Å²) < 4.78 is 2.45. The van der Waals surface area contributed by atoms with E-state index in [-0.39, 0.29) is 0 Å². The van der Waals surface area contributed by atoms with Crippen LogP contribution in [0.2, 0.25) is 5.02 Å². The fourth-order valence-corrected chi connectivity index (χ4v) is 4.75. The SMILES string of the molecule is N#Cc1ccc(-c2nc3cc(Cl)ccc3c3sc4ccccc4c23)cc1. The highest BCUT2D eigenvalue weighted by Crippen LogP contribution is 2.42. The van der Waals surface area contributed by atoms with E-state index < -0.39 is 0 Å². The Morgan fingerprint density at radius 3 is 2.54 bits per heavy atom. The third kappa shape index (κ3) is 2.28. The molecule has 0 unspecified atom stereocenters. The highest BCUT2D eigenvalue weighted by Gasteiger charge is 2.16. The number of hydrogen-bond donors (Lipinski definition) is 0. The molecule has 0 fully saturated rings. The highest BCUT2D eigenvalue weighted by molar-refractivity contribution is 7.26. The molecule has 0 N–H and O–H groups in total. The zero-order chi connectivity index (χ0) is 17.7. The van der Waals surface area contributed by atoms with Gasteiger partial charge in [0.2, 0.25) is 0 Å². The first-order chi connectivity index (χ1) is 12.7. The molecule has 0 atom stereocenters. The van der Waals surface area contributed by atoms with Gasteiger partial charge < -0.3 is 0 Å². The largest absolute Gasteiger partial charge is 0.247 e. The average molecular weight is 371 g/mol. The number of nitrogens with zero attached hydrogens (tertiary/aromatic N) is 2. The summed E-state index contributed by atoms with van der Waals surface area (Å²) in [6.07, 6.45) is 0. The number of benzene rings is 3. The monoisotopic (exact) mass is 370 g/mol. The third-order valence-corrected chi connectivity index (χ3v) is 6.00. The van der Waals surface area contributed by atoms with Crippen molar-refractivity contribution in [1.29, 1.82) is 5.26 Å². The smallest absolute Gasteiger partial charge is 0.0991 e. The van der Waals surface area contributed by atoms with Crippen molar-refractivity contribution in [2.45, 2.75) is 0 Å². The first-order valence-corrected chi connectivity index (χ1v) is 9.35. The standard InChI is InChI=1S/C22H11ClN2S/c23-15-9-10-16-18(11-15)25-21(14-7-5-13(12-24)6-8-14)20-17-3-1-2-4-19(17)26-22(16)20/h1-11H. The molecule has 0 bridgehead atoms. The van der Waals surface area contributed by atoms with Gasteiger partial charge in [-0.15, -0.1) is 11.3 Å². The predicted molar refractivity (Wildman–Crippen MR) is 110 cm³/mol. The lowest BCUT2D eigenvalue weighted by Gasteiger charge is -2.08. The summed E-state index contributed by atoms with van der Waals surface area (Å²) in [5.41, 5.74) is 3.45. The van der Waals surface area contributed by atoms with Crippen LogP contribution in [0.5, 0.6) is 0 Å². The molecule has 3 aromatic carbocycles. The molecule has 0 aliphatic carbocycles. The van der Waals surface area contributed by atoms with Crippen LogP contribution in [-0.2, 0) is 0 Å². The van der Waals surface area contributed by atoms with Crippen LogP contribution in [0.25, 0.3) is 42.3 Å². The second-order valence-electron chi connectivity index (χ2n) is 6.11. The summed E-state index contributed by atoms with van der Waals surface area (Å²) in [7, 11) is 0. The number of thiophene rings is 1. The number of aromatic nitrogens is 1. The molecule has 2 nitrogen and oxygen atoms in total. The van der Waals surface area contributed by atoms with Crippen molar-refractivity contribution in [3.05, 3.63) is 77.3 Å². The topological polar surface area (TPSA) is 36.7 Å². The van der Waals surface area contributed by atoms with Gasteiger partial charge in [0.05, 0.1) is 22.8 Å². The molecule has 4 heteroatoms. The van der Waals surface area contributed by atoms with Gasteiger partial charge in [-0.05, 0) is 36.4 Å². The maximum absolute atomic E-state index is 9.07. The van der Waals surface area contributed by atoms with Crippen molar-refractivity contribution >= 4 is 54.0 Å². The molecule has 5 aromatic rings. The first kappa shape index (κ1) is 15.3. The van der Waals surface area contributed by atoms with Crippen LogP contribution in [0.15, 0.2) is 66.7 Å². The van der Waals surface area contributed by atoms with E-state index in [1.165, 1.54) is 14.8 Å². The molecule has 122 valence electrons. The lowest BCUT2D eigenvalue weighted by molar-refractivity contribution is 1.42. The molecule has 0 saturated carbocycles. The molecule has 5 rings (SSSR count). The predicted octanol–water partition coefficient (Wildman–Crippen LogP) is 6.79. The third-order valence-electron chi connectivity index (χ3n) is 4.56. The molecule has 0 aliphatic rings. The second kappa shape index (κ2) is 5.81. The zero-order valence-electron chi connectivity index (χ0n) is 13.5. The molecule has 2 heterocycles. The Morgan fingerprint density at radius 1 is 0.923 bits per heavy atom. The molecule has 0 saturated heterocycles. The minimum Gasteiger partial charge on any atom is -0.247 e. The van der Waals surface area contributed by atoms with Crippen LogP contribution in [0.4, 0.5) is 0 Å². The Balaban J connectivity index is 1.97. The molecule has 0 aliphatic heterocycles. The van der Waals surface area contributed by atoms with Crippen LogP contribution in [0.3, 0.4) is 0 Å². The molecule has 0 radical (unpaired) electrons. The van der Waals surface area contributed by atoms with Crippen molar-refractivity contribution < 1.29 is 0 Å². The van der Waals surface area contributed by atoms with Crippen molar-refractivity contribution in [2.75, 3.05) is 0 Å². The Kier molecular flexibility index (Phi) is 3.43. The Hall–Kier alpha value is -2.93. The molecular formula is C22H11ClN2S. The van der Waals surface area contributed by atoms with Gasteiger partial charge in [-0.1, -0.05) is 41.9 Å². The van der Waals surface area contributed by atoms with Crippen molar-refractivity contribution in [2.24, 2.45) is 0 Å². The van der Waals surface area contributed by atoms with Crippen LogP contribution < -0.4 is 0 Å². The van der Waals surface area contributed by atoms with E-state index in [0.29, 0.717) is 10.6 Å². The van der Waals surface area contributed by atoms with Crippen LogP contribution >= 0.6 is 22.9 Å². The van der Waals surface area contributed by atoms with Gasteiger partial charge in [-0.2, -0.15) is 5.26 Å². The number of hydrogen-bond acceptors (Lipinski definition) is 3. The highest BCUT2D eigenvalue weighted by atomic mass is 35.5. The van der Waals surface area contributed by atoms with E-state index in [1.807, 2.05) is 42.5 Å². The van der Waals surface area contributed by atoms with E-state index in [9.17, 15) is 0 Å². The van der Waals surface area contributed by atoms with Gasteiger partial charge in [0, 0.05) is 36.1 Å². The van der Waals surface area contributed by atoms with Gasteiger partial charge in [0.25, 0.3) is 0 Å². The van der Waals surface area contributed by atoms with Gasteiger partial charge >= 0.3 is 0 Å². The average Bonchev–Trinajstić information content (AvgIpc) is 3.07. The van der Waals surface area contributed by atoms with Crippen molar-refractivity contribution in [1.82, 2.24) is 4.98 Å². The van der Waals surface area contributed by atoms with E-state index in [0.717, 1.165) is 27.5 Å². The Bertz CT molecular complexity index is 1340. The van der Waals surface area contributed by atoms with Crippen LogP contribution in [-0.4, -0.2) is 4.98 Å². The summed E-state index contributed by atoms with van der Waals surface area (Å²) >= 11 is 7.99. The van der Waals surface area contributed by atoms with E-state index in [4.69, 9.17) is 21.8 Å². The molecular weight excluding hydrogens is 360 g/mol. The minimum absolute atomic E-state index is 0.643. The second-order valence-corrected chi connectivity index (χ2v) is 7.60. The van der Waals surface area contributed by atoms with Crippen LogP contribution in [0, 0.1) is 11.3 Å². The van der Waals surface area contributed by atoms with Gasteiger partial charge in [0.15, 0.2) is 0 Å². The molecule has 0 spiro atoms. The normalized spacial score (nSPS) is 11.2. The quantitative estimate of drug-likeness (QED) is 0.325. The van der Waals surface area contributed by atoms with E-state index in [2.05, 4.69) is 30.3 Å². The lowest BCUT2D eigenvalue weighted by atomic mass is 10.0. The number of rotatable bonds is 1. The molecule has 2 aromatic heterocycles. The number of pyridine rings is 1. The van der Waals surface area contributed by atoms with E-state index in [1.54, 1.807) is 11.3 Å². The van der Waals surface area contributed by atoms with Crippen molar-refractivity contribution in [3.63, 3.8) is 0 Å². The summed E-state index contributed by atoms with van der Waals surface area (Å²) in [6.45, 7) is 0. The number of halogens is 1. The summed E-state index contributed by atoms with van der Waals surface area (Å²) in [6, 6.07) is 24.0. The molecule has 26 heavy (non-hydrogen) atoms.